The zero-order valence-corrected chi connectivity index (χ0v) is 10.8. The van der Waals surface area contributed by atoms with Crippen LogP contribution in [0.15, 0.2) is 24.3 Å². The summed E-state index contributed by atoms with van der Waals surface area (Å²) in [7, 11) is 0. The Hall–Kier alpha value is -2.01. The second-order valence-corrected chi connectivity index (χ2v) is 4.53. The molecule has 0 aliphatic heterocycles. The highest BCUT2D eigenvalue weighted by atomic mass is 19.1. The first kappa shape index (κ1) is 13.4. The standard InChI is InChI=1S/C14H15FN2O2/c1-8-5-12(14(19)17-9(2)7-18)11-4-3-10(15)6-13(11)16-8/h3-6,9,18H,7H2,1-2H3,(H,17,19). The van der Waals surface area contributed by atoms with Crippen LogP contribution in [0.5, 0.6) is 0 Å². The number of fused-ring (bicyclic) bond motifs is 1. The first-order valence-electron chi connectivity index (χ1n) is 6.00. The maximum atomic E-state index is 13.2. The number of halogens is 1. The minimum Gasteiger partial charge on any atom is -0.394 e. The van der Waals surface area contributed by atoms with Crippen molar-refractivity contribution >= 4 is 16.8 Å². The molecule has 2 rings (SSSR count). The van der Waals surface area contributed by atoms with Crippen molar-refractivity contribution < 1.29 is 14.3 Å². The molecule has 19 heavy (non-hydrogen) atoms. The third-order valence-corrected chi connectivity index (χ3v) is 2.80. The van der Waals surface area contributed by atoms with Crippen LogP contribution in [0.3, 0.4) is 0 Å². The van der Waals surface area contributed by atoms with E-state index < -0.39 is 0 Å². The Bertz CT molecular complexity index is 623. The molecule has 0 fully saturated rings. The fourth-order valence-electron chi connectivity index (χ4n) is 1.87. The average molecular weight is 262 g/mol. The lowest BCUT2D eigenvalue weighted by atomic mass is 10.1. The van der Waals surface area contributed by atoms with Crippen molar-refractivity contribution in [2.45, 2.75) is 19.9 Å². The quantitative estimate of drug-likeness (QED) is 0.886. The highest BCUT2D eigenvalue weighted by Crippen LogP contribution is 2.19. The first-order chi connectivity index (χ1) is 9.01. The van der Waals surface area contributed by atoms with Gasteiger partial charge in [0, 0.05) is 23.2 Å². The van der Waals surface area contributed by atoms with Crippen LogP contribution >= 0.6 is 0 Å². The van der Waals surface area contributed by atoms with Gasteiger partial charge in [0.1, 0.15) is 5.82 Å². The molecule has 1 heterocycles. The van der Waals surface area contributed by atoms with Crippen molar-refractivity contribution in [2.24, 2.45) is 0 Å². The number of aliphatic hydroxyl groups is 1. The maximum absolute atomic E-state index is 13.2. The van der Waals surface area contributed by atoms with Crippen LogP contribution in [0.25, 0.3) is 10.9 Å². The smallest absolute Gasteiger partial charge is 0.252 e. The van der Waals surface area contributed by atoms with Gasteiger partial charge in [0.2, 0.25) is 0 Å². The summed E-state index contributed by atoms with van der Waals surface area (Å²) in [6.45, 7) is 3.31. The van der Waals surface area contributed by atoms with E-state index in [9.17, 15) is 9.18 Å². The van der Waals surface area contributed by atoms with Gasteiger partial charge >= 0.3 is 0 Å². The summed E-state index contributed by atoms with van der Waals surface area (Å²) in [5.74, 6) is -0.690. The van der Waals surface area contributed by atoms with Gasteiger partial charge in [-0.05, 0) is 32.0 Å². The SMILES string of the molecule is Cc1cc(C(=O)NC(C)CO)c2ccc(F)cc2n1. The molecule has 0 aliphatic rings. The number of benzene rings is 1. The molecule has 100 valence electrons. The van der Waals surface area contributed by atoms with Crippen LogP contribution in [0, 0.1) is 12.7 Å². The molecule has 1 amide bonds. The third-order valence-electron chi connectivity index (χ3n) is 2.80. The molecule has 1 aromatic heterocycles. The number of pyridine rings is 1. The number of rotatable bonds is 3. The van der Waals surface area contributed by atoms with Crippen molar-refractivity contribution in [1.82, 2.24) is 10.3 Å². The van der Waals surface area contributed by atoms with Crippen LogP contribution in [0.2, 0.25) is 0 Å². The summed E-state index contributed by atoms with van der Waals surface area (Å²) >= 11 is 0. The molecule has 0 spiro atoms. The van der Waals surface area contributed by atoms with Gasteiger partial charge in [0.05, 0.1) is 17.7 Å². The summed E-state index contributed by atoms with van der Waals surface area (Å²) in [6, 6.07) is 5.45. The summed E-state index contributed by atoms with van der Waals surface area (Å²) in [6.07, 6.45) is 0. The molecule has 0 aliphatic carbocycles. The lowest BCUT2D eigenvalue weighted by Crippen LogP contribution is -2.35. The monoisotopic (exact) mass is 262 g/mol. The number of carbonyl (C=O) groups is 1. The van der Waals surface area contributed by atoms with Gasteiger partial charge in [-0.15, -0.1) is 0 Å². The Labute approximate surface area is 110 Å². The third kappa shape index (κ3) is 2.88. The number of amides is 1. The second kappa shape index (κ2) is 5.32. The molecule has 1 unspecified atom stereocenters. The molecule has 4 nitrogen and oxygen atoms in total. The predicted molar refractivity (Wildman–Crippen MR) is 70.5 cm³/mol. The van der Waals surface area contributed by atoms with Crippen LogP contribution in [0.4, 0.5) is 4.39 Å². The number of nitrogens with zero attached hydrogens (tertiary/aromatic N) is 1. The van der Waals surface area contributed by atoms with Gasteiger partial charge in [0.25, 0.3) is 5.91 Å². The predicted octanol–water partition coefficient (Wildman–Crippen LogP) is 1.79. The largest absolute Gasteiger partial charge is 0.394 e. The fourth-order valence-corrected chi connectivity index (χ4v) is 1.87. The lowest BCUT2D eigenvalue weighted by molar-refractivity contribution is 0.0924. The normalized spacial score (nSPS) is 12.4. The van der Waals surface area contributed by atoms with Gasteiger partial charge in [-0.3, -0.25) is 9.78 Å². The van der Waals surface area contributed by atoms with E-state index in [2.05, 4.69) is 10.3 Å². The van der Waals surface area contributed by atoms with Crippen LogP contribution < -0.4 is 5.32 Å². The summed E-state index contributed by atoms with van der Waals surface area (Å²) < 4.78 is 13.2. The van der Waals surface area contributed by atoms with Gasteiger partial charge in [-0.1, -0.05) is 0 Å². The van der Waals surface area contributed by atoms with Crippen molar-refractivity contribution in [3.05, 3.63) is 41.3 Å². The van der Waals surface area contributed by atoms with Gasteiger partial charge in [-0.2, -0.15) is 0 Å². The number of aromatic nitrogens is 1. The number of hydrogen-bond acceptors (Lipinski definition) is 3. The van der Waals surface area contributed by atoms with Gasteiger partial charge in [-0.25, -0.2) is 4.39 Å². The van der Waals surface area contributed by atoms with Gasteiger partial charge in [0.15, 0.2) is 0 Å². The summed E-state index contributed by atoms with van der Waals surface area (Å²) in [5.41, 5.74) is 1.52. The van der Waals surface area contributed by atoms with Crippen molar-refractivity contribution in [3.8, 4) is 0 Å². The van der Waals surface area contributed by atoms with Crippen molar-refractivity contribution in [2.75, 3.05) is 6.61 Å². The number of aliphatic hydroxyl groups excluding tert-OH is 1. The average Bonchev–Trinajstić information content (AvgIpc) is 2.36. The zero-order valence-electron chi connectivity index (χ0n) is 10.8. The zero-order chi connectivity index (χ0) is 14.0. The van der Waals surface area contributed by atoms with E-state index in [1.807, 2.05) is 0 Å². The van der Waals surface area contributed by atoms with E-state index in [0.717, 1.165) is 0 Å². The Morgan fingerprint density at radius 3 is 2.89 bits per heavy atom. The molecule has 1 aromatic carbocycles. The Morgan fingerprint density at radius 1 is 1.47 bits per heavy atom. The Morgan fingerprint density at radius 2 is 2.21 bits per heavy atom. The van der Waals surface area contributed by atoms with E-state index in [1.165, 1.54) is 18.2 Å². The molecule has 0 radical (unpaired) electrons. The number of nitrogens with one attached hydrogen (secondary N) is 1. The Kier molecular flexibility index (Phi) is 3.76. The summed E-state index contributed by atoms with van der Waals surface area (Å²) in [5, 5.41) is 12.2. The molecule has 0 saturated carbocycles. The fraction of sp³-hybridized carbons (Fsp3) is 0.286. The molecular weight excluding hydrogens is 247 g/mol. The minimum absolute atomic E-state index is 0.137. The summed E-state index contributed by atoms with van der Waals surface area (Å²) in [4.78, 5) is 16.3. The maximum Gasteiger partial charge on any atom is 0.252 e. The van der Waals surface area contributed by atoms with Crippen molar-refractivity contribution in [3.63, 3.8) is 0 Å². The lowest BCUT2D eigenvalue weighted by Gasteiger charge is -2.12. The van der Waals surface area contributed by atoms with Gasteiger partial charge < -0.3 is 10.4 Å². The van der Waals surface area contributed by atoms with Crippen LogP contribution in [0.1, 0.15) is 23.0 Å². The molecule has 2 aromatic rings. The van der Waals surface area contributed by atoms with E-state index in [-0.39, 0.29) is 24.4 Å². The first-order valence-corrected chi connectivity index (χ1v) is 6.00. The topological polar surface area (TPSA) is 62.2 Å². The van der Waals surface area contributed by atoms with Crippen LogP contribution in [-0.4, -0.2) is 28.6 Å². The van der Waals surface area contributed by atoms with Crippen LogP contribution in [-0.2, 0) is 0 Å². The second-order valence-electron chi connectivity index (χ2n) is 4.53. The molecule has 0 saturated heterocycles. The number of aryl methyl sites for hydroxylation is 1. The number of carbonyl (C=O) groups excluding carboxylic acids is 1. The van der Waals surface area contributed by atoms with Crippen molar-refractivity contribution in [1.29, 1.82) is 0 Å². The van der Waals surface area contributed by atoms with E-state index >= 15 is 0 Å². The highest BCUT2D eigenvalue weighted by molar-refractivity contribution is 6.06. The minimum atomic E-state index is -0.388. The molecule has 1 atom stereocenters. The van der Waals surface area contributed by atoms with E-state index in [0.29, 0.717) is 22.2 Å². The molecule has 5 heteroatoms. The molecular formula is C14H15FN2O2. The highest BCUT2D eigenvalue weighted by Gasteiger charge is 2.14. The molecule has 0 bridgehead atoms. The molecule has 2 N–H and O–H groups in total. The Balaban J connectivity index is 2.50. The van der Waals surface area contributed by atoms with E-state index in [1.54, 1.807) is 19.9 Å². The van der Waals surface area contributed by atoms with E-state index in [4.69, 9.17) is 5.11 Å². The number of hydrogen-bond donors (Lipinski definition) is 2.